The number of nitrogens with one attached hydrogen (secondary N) is 2. The maximum atomic E-state index is 11.9. The number of amides is 2. The van der Waals surface area contributed by atoms with Crippen molar-refractivity contribution in [3.05, 3.63) is 24.2 Å². The third-order valence-electron chi connectivity index (χ3n) is 3.63. The number of nitrogens with zero attached hydrogens (tertiary/aromatic N) is 1. The van der Waals surface area contributed by atoms with Crippen LogP contribution in [0, 0.1) is 5.92 Å². The molecular weight excluding hydrogens is 270 g/mol. The van der Waals surface area contributed by atoms with Gasteiger partial charge in [-0.3, -0.25) is 9.59 Å². The summed E-state index contributed by atoms with van der Waals surface area (Å²) in [5.74, 6) is 0.281. The standard InChI is InChI=1S/C15H21N3O3/c1-11(13-8-5-9-21-13)17-18-14(19)10-16-15(20)12-6-3-2-4-7-12/h5,8-9,12H,2-4,6-7,10H2,1H3,(H,16,20)(H,18,19). The lowest BCUT2D eigenvalue weighted by atomic mass is 9.89. The zero-order chi connectivity index (χ0) is 15.1. The van der Waals surface area contributed by atoms with Crippen molar-refractivity contribution in [1.82, 2.24) is 10.7 Å². The molecule has 0 radical (unpaired) electrons. The first-order valence-electron chi connectivity index (χ1n) is 7.31. The van der Waals surface area contributed by atoms with Crippen LogP contribution in [0.2, 0.25) is 0 Å². The Kier molecular flexibility index (Phi) is 5.54. The molecule has 0 spiro atoms. The summed E-state index contributed by atoms with van der Waals surface area (Å²) in [6, 6.07) is 3.51. The third kappa shape index (κ3) is 4.73. The molecule has 1 aliphatic rings. The van der Waals surface area contributed by atoms with Crippen LogP contribution in [0.3, 0.4) is 0 Å². The van der Waals surface area contributed by atoms with E-state index >= 15 is 0 Å². The quantitative estimate of drug-likeness (QED) is 0.641. The van der Waals surface area contributed by atoms with Crippen molar-refractivity contribution in [3.63, 3.8) is 0 Å². The largest absolute Gasteiger partial charge is 0.463 e. The number of furan rings is 1. The zero-order valence-corrected chi connectivity index (χ0v) is 12.2. The molecule has 1 saturated carbocycles. The Morgan fingerprint density at radius 2 is 2.10 bits per heavy atom. The summed E-state index contributed by atoms with van der Waals surface area (Å²) >= 11 is 0. The van der Waals surface area contributed by atoms with Crippen LogP contribution >= 0.6 is 0 Å². The minimum atomic E-state index is -0.343. The molecular formula is C15H21N3O3. The highest BCUT2D eigenvalue weighted by Crippen LogP contribution is 2.23. The van der Waals surface area contributed by atoms with Crippen LogP contribution in [0.1, 0.15) is 44.8 Å². The lowest BCUT2D eigenvalue weighted by Gasteiger charge is -2.20. The number of hydrogen-bond donors (Lipinski definition) is 2. The van der Waals surface area contributed by atoms with Gasteiger partial charge < -0.3 is 9.73 Å². The molecule has 2 amide bonds. The summed E-state index contributed by atoms with van der Waals surface area (Å²) < 4.78 is 5.15. The van der Waals surface area contributed by atoms with E-state index in [0.717, 1.165) is 25.7 Å². The van der Waals surface area contributed by atoms with Gasteiger partial charge in [0.1, 0.15) is 11.5 Å². The Balaban J connectivity index is 1.72. The highest BCUT2D eigenvalue weighted by atomic mass is 16.3. The minimum absolute atomic E-state index is 0.0309. The summed E-state index contributed by atoms with van der Waals surface area (Å²) in [5.41, 5.74) is 2.98. The number of carbonyl (C=O) groups excluding carboxylic acids is 2. The topological polar surface area (TPSA) is 83.7 Å². The normalized spacial score (nSPS) is 16.5. The maximum Gasteiger partial charge on any atom is 0.259 e. The first kappa shape index (κ1) is 15.3. The summed E-state index contributed by atoms with van der Waals surface area (Å²) in [5, 5.41) is 6.60. The van der Waals surface area contributed by atoms with Gasteiger partial charge >= 0.3 is 0 Å². The van der Waals surface area contributed by atoms with E-state index in [1.54, 1.807) is 25.3 Å². The van der Waals surface area contributed by atoms with Crippen LogP contribution < -0.4 is 10.7 Å². The van der Waals surface area contributed by atoms with Gasteiger partial charge in [-0.1, -0.05) is 19.3 Å². The second-order valence-corrected chi connectivity index (χ2v) is 5.26. The lowest BCUT2D eigenvalue weighted by Crippen LogP contribution is -2.39. The lowest BCUT2D eigenvalue weighted by molar-refractivity contribution is -0.129. The fraction of sp³-hybridized carbons (Fsp3) is 0.533. The van der Waals surface area contributed by atoms with E-state index in [2.05, 4.69) is 15.8 Å². The smallest absolute Gasteiger partial charge is 0.259 e. The van der Waals surface area contributed by atoms with Crippen molar-refractivity contribution in [2.45, 2.75) is 39.0 Å². The van der Waals surface area contributed by atoms with E-state index < -0.39 is 0 Å². The number of hydrazone groups is 1. The number of rotatable bonds is 5. The average molecular weight is 291 g/mol. The SMILES string of the molecule is CC(=NNC(=O)CNC(=O)C1CCCCC1)c1ccco1. The van der Waals surface area contributed by atoms with Crippen LogP contribution in [0.5, 0.6) is 0 Å². The Labute approximate surface area is 124 Å². The Morgan fingerprint density at radius 3 is 2.76 bits per heavy atom. The second-order valence-electron chi connectivity index (χ2n) is 5.26. The molecule has 1 heterocycles. The van der Waals surface area contributed by atoms with Gasteiger partial charge in [-0.05, 0) is 31.9 Å². The van der Waals surface area contributed by atoms with Crippen molar-refractivity contribution in [1.29, 1.82) is 0 Å². The van der Waals surface area contributed by atoms with Crippen LogP contribution in [0.4, 0.5) is 0 Å². The zero-order valence-electron chi connectivity index (χ0n) is 12.2. The van der Waals surface area contributed by atoms with Crippen LogP contribution in [-0.2, 0) is 9.59 Å². The molecule has 0 atom stereocenters. The molecule has 6 heteroatoms. The first-order chi connectivity index (χ1) is 10.2. The molecule has 1 fully saturated rings. The molecule has 1 aromatic rings. The van der Waals surface area contributed by atoms with Crippen molar-refractivity contribution >= 4 is 17.5 Å². The van der Waals surface area contributed by atoms with Crippen LogP contribution in [-0.4, -0.2) is 24.1 Å². The second kappa shape index (κ2) is 7.61. The summed E-state index contributed by atoms with van der Waals surface area (Å²) in [6.45, 7) is 1.68. The van der Waals surface area contributed by atoms with E-state index in [0.29, 0.717) is 11.5 Å². The van der Waals surface area contributed by atoms with Gasteiger partial charge in [0.25, 0.3) is 5.91 Å². The van der Waals surface area contributed by atoms with Crippen LogP contribution in [0.15, 0.2) is 27.9 Å². The number of carbonyl (C=O) groups is 2. The molecule has 0 aliphatic heterocycles. The monoisotopic (exact) mass is 291 g/mol. The maximum absolute atomic E-state index is 11.9. The summed E-state index contributed by atoms with van der Waals surface area (Å²) in [6.07, 6.45) is 6.77. The molecule has 0 bridgehead atoms. The first-order valence-corrected chi connectivity index (χ1v) is 7.31. The molecule has 1 aromatic heterocycles. The predicted octanol–water partition coefficient (Wildman–Crippen LogP) is 1.82. The fourth-order valence-electron chi connectivity index (χ4n) is 2.40. The average Bonchev–Trinajstić information content (AvgIpc) is 3.05. The fourth-order valence-corrected chi connectivity index (χ4v) is 2.40. The summed E-state index contributed by atoms with van der Waals surface area (Å²) in [4.78, 5) is 23.5. The molecule has 0 saturated heterocycles. The van der Waals surface area contributed by atoms with Gasteiger partial charge in [0, 0.05) is 5.92 Å². The molecule has 1 aliphatic carbocycles. The van der Waals surface area contributed by atoms with Gasteiger partial charge in [0.2, 0.25) is 5.91 Å². The van der Waals surface area contributed by atoms with Crippen molar-refractivity contribution in [2.75, 3.05) is 6.54 Å². The predicted molar refractivity (Wildman–Crippen MR) is 78.6 cm³/mol. The Morgan fingerprint density at radius 1 is 1.33 bits per heavy atom. The van der Waals surface area contributed by atoms with E-state index in [1.165, 1.54) is 6.42 Å². The van der Waals surface area contributed by atoms with Crippen molar-refractivity contribution in [3.8, 4) is 0 Å². The van der Waals surface area contributed by atoms with Gasteiger partial charge in [0.05, 0.1) is 12.8 Å². The molecule has 6 nitrogen and oxygen atoms in total. The van der Waals surface area contributed by atoms with E-state index in [-0.39, 0.29) is 24.3 Å². The molecule has 0 unspecified atom stereocenters. The van der Waals surface area contributed by atoms with Gasteiger partial charge in [-0.15, -0.1) is 0 Å². The molecule has 0 aromatic carbocycles. The molecule has 21 heavy (non-hydrogen) atoms. The minimum Gasteiger partial charge on any atom is -0.463 e. The van der Waals surface area contributed by atoms with E-state index in [1.807, 2.05) is 0 Å². The Hall–Kier alpha value is -2.11. The van der Waals surface area contributed by atoms with E-state index in [4.69, 9.17) is 4.42 Å². The van der Waals surface area contributed by atoms with Crippen molar-refractivity contribution in [2.24, 2.45) is 11.0 Å². The van der Waals surface area contributed by atoms with Crippen LogP contribution in [0.25, 0.3) is 0 Å². The van der Waals surface area contributed by atoms with Gasteiger partial charge in [-0.2, -0.15) is 5.10 Å². The highest BCUT2D eigenvalue weighted by molar-refractivity contribution is 5.97. The molecule has 114 valence electrons. The summed E-state index contributed by atoms with van der Waals surface area (Å²) in [7, 11) is 0. The third-order valence-corrected chi connectivity index (χ3v) is 3.63. The van der Waals surface area contributed by atoms with E-state index in [9.17, 15) is 9.59 Å². The van der Waals surface area contributed by atoms with Gasteiger partial charge in [-0.25, -0.2) is 5.43 Å². The number of hydrogen-bond acceptors (Lipinski definition) is 4. The van der Waals surface area contributed by atoms with Crippen molar-refractivity contribution < 1.29 is 14.0 Å². The Bertz CT molecular complexity index is 502. The molecule has 2 N–H and O–H groups in total. The highest BCUT2D eigenvalue weighted by Gasteiger charge is 2.21. The van der Waals surface area contributed by atoms with Gasteiger partial charge in [0.15, 0.2) is 0 Å². The molecule has 2 rings (SSSR count).